The maximum Gasteiger partial charge on any atom is -0.0168 e. The lowest BCUT2D eigenvalue weighted by molar-refractivity contribution is 0.367. The van der Waals surface area contributed by atoms with Gasteiger partial charge in [-0.05, 0) is 50.9 Å². The van der Waals surface area contributed by atoms with E-state index in [4.69, 9.17) is 0 Å². The molecule has 14 heavy (non-hydrogen) atoms. The Bertz CT molecular complexity index is 145. The standard InChI is InChI=1S/C14H20/c1-5-8-11-14(4,12-9-6-2)13-10-7-3/h5-10H,1-4,11-13H2. The van der Waals surface area contributed by atoms with Gasteiger partial charge in [0.25, 0.3) is 0 Å². The molecule has 0 heterocycles. The number of hydrogen-bond acceptors (Lipinski definition) is 0. The summed E-state index contributed by atoms with van der Waals surface area (Å²) in [4.78, 5) is 0. The van der Waals surface area contributed by atoms with Gasteiger partial charge in [-0.15, -0.1) is 19.7 Å². The Balaban J connectivity index is 4.07. The van der Waals surface area contributed by atoms with Gasteiger partial charge in [0, 0.05) is 0 Å². The molecular formula is C14H20. The minimum absolute atomic E-state index is 0.0244. The molecule has 0 aliphatic rings. The third kappa shape index (κ3) is 5.80. The topological polar surface area (TPSA) is 0 Å². The van der Waals surface area contributed by atoms with E-state index in [1.165, 1.54) is 0 Å². The molecule has 0 rings (SSSR count). The van der Waals surface area contributed by atoms with Crippen LogP contribution in [0.1, 0.15) is 19.3 Å². The SMILES string of the molecule is [CH2]C(C[CH]C=C)(C[CH]C=C)C[CH]C=C. The molecule has 0 spiro atoms. The lowest BCUT2D eigenvalue weighted by Gasteiger charge is -2.28. The van der Waals surface area contributed by atoms with E-state index in [1.54, 1.807) is 0 Å². The summed E-state index contributed by atoms with van der Waals surface area (Å²) in [6.07, 6.45) is 14.4. The summed E-state index contributed by atoms with van der Waals surface area (Å²) in [6, 6.07) is 0. The molecule has 0 saturated heterocycles. The zero-order valence-electron chi connectivity index (χ0n) is 8.91. The highest BCUT2D eigenvalue weighted by molar-refractivity contribution is 5.04. The zero-order chi connectivity index (χ0) is 10.9. The van der Waals surface area contributed by atoms with Crippen molar-refractivity contribution >= 4 is 0 Å². The largest absolute Gasteiger partial charge is 0.103 e. The number of allylic oxidation sites excluding steroid dienone is 3. The van der Waals surface area contributed by atoms with Gasteiger partial charge in [0.05, 0.1) is 0 Å². The molecule has 0 aliphatic carbocycles. The van der Waals surface area contributed by atoms with Crippen molar-refractivity contribution in [1.29, 1.82) is 0 Å². The van der Waals surface area contributed by atoms with Crippen molar-refractivity contribution < 1.29 is 0 Å². The van der Waals surface area contributed by atoms with Gasteiger partial charge in [-0.2, -0.15) is 0 Å². The molecule has 76 valence electrons. The van der Waals surface area contributed by atoms with Crippen molar-refractivity contribution in [1.82, 2.24) is 0 Å². The van der Waals surface area contributed by atoms with Crippen LogP contribution < -0.4 is 0 Å². The fourth-order valence-corrected chi connectivity index (χ4v) is 1.25. The minimum Gasteiger partial charge on any atom is -0.103 e. The predicted octanol–water partition coefficient (Wildman–Crippen LogP) is 4.15. The summed E-state index contributed by atoms with van der Waals surface area (Å²) in [5.74, 6) is 0. The molecule has 0 N–H and O–H groups in total. The van der Waals surface area contributed by atoms with E-state index in [1.807, 2.05) is 18.2 Å². The monoisotopic (exact) mass is 188 g/mol. The molecule has 0 bridgehead atoms. The van der Waals surface area contributed by atoms with E-state index in [9.17, 15) is 0 Å². The Morgan fingerprint density at radius 2 is 1.00 bits per heavy atom. The van der Waals surface area contributed by atoms with Gasteiger partial charge in [0.2, 0.25) is 0 Å². The van der Waals surface area contributed by atoms with Crippen molar-refractivity contribution in [3.8, 4) is 0 Å². The van der Waals surface area contributed by atoms with Gasteiger partial charge in [0.15, 0.2) is 0 Å². The average Bonchev–Trinajstić information content (AvgIpc) is 2.21. The number of rotatable bonds is 9. The second-order valence-electron chi connectivity index (χ2n) is 3.53. The van der Waals surface area contributed by atoms with Crippen molar-refractivity contribution in [2.45, 2.75) is 19.3 Å². The summed E-state index contributed by atoms with van der Waals surface area (Å²) in [5.41, 5.74) is 0.0244. The van der Waals surface area contributed by atoms with E-state index in [2.05, 4.69) is 45.9 Å². The second-order valence-corrected chi connectivity index (χ2v) is 3.53. The van der Waals surface area contributed by atoms with Gasteiger partial charge in [0.1, 0.15) is 0 Å². The third-order valence-electron chi connectivity index (χ3n) is 2.15. The van der Waals surface area contributed by atoms with E-state index >= 15 is 0 Å². The van der Waals surface area contributed by atoms with Crippen LogP contribution in [0.3, 0.4) is 0 Å². The third-order valence-corrected chi connectivity index (χ3v) is 2.15. The first-order valence-corrected chi connectivity index (χ1v) is 4.86. The van der Waals surface area contributed by atoms with E-state index in [0.29, 0.717) is 0 Å². The molecule has 0 unspecified atom stereocenters. The van der Waals surface area contributed by atoms with Crippen molar-refractivity contribution in [2.24, 2.45) is 5.41 Å². The average molecular weight is 188 g/mol. The molecule has 0 aromatic carbocycles. The molecule has 0 fully saturated rings. The lowest BCUT2D eigenvalue weighted by Crippen LogP contribution is -2.16. The van der Waals surface area contributed by atoms with Gasteiger partial charge in [-0.3, -0.25) is 0 Å². The molecule has 0 saturated carbocycles. The molecule has 0 aromatic rings. The maximum atomic E-state index is 4.24. The highest BCUT2D eigenvalue weighted by Crippen LogP contribution is 2.33. The van der Waals surface area contributed by atoms with Gasteiger partial charge in [-0.25, -0.2) is 0 Å². The summed E-state index contributed by atoms with van der Waals surface area (Å²) in [7, 11) is 0. The van der Waals surface area contributed by atoms with Crippen LogP contribution in [0.4, 0.5) is 0 Å². The molecular weight excluding hydrogens is 168 g/mol. The van der Waals surface area contributed by atoms with Crippen molar-refractivity contribution in [3.63, 3.8) is 0 Å². The highest BCUT2D eigenvalue weighted by Gasteiger charge is 2.21. The molecule has 0 aliphatic heterocycles. The van der Waals surface area contributed by atoms with E-state index in [-0.39, 0.29) is 5.41 Å². The summed E-state index contributed by atoms with van der Waals surface area (Å²) < 4.78 is 0. The van der Waals surface area contributed by atoms with Crippen LogP contribution in [0.5, 0.6) is 0 Å². The predicted molar refractivity (Wildman–Crippen MR) is 65.1 cm³/mol. The highest BCUT2D eigenvalue weighted by atomic mass is 14.3. The van der Waals surface area contributed by atoms with Crippen LogP contribution in [0, 0.1) is 31.6 Å². The fourth-order valence-electron chi connectivity index (χ4n) is 1.25. The van der Waals surface area contributed by atoms with Gasteiger partial charge < -0.3 is 0 Å². The molecule has 0 nitrogen and oxygen atoms in total. The van der Waals surface area contributed by atoms with Crippen LogP contribution in [-0.2, 0) is 0 Å². The van der Waals surface area contributed by atoms with Crippen LogP contribution in [0.25, 0.3) is 0 Å². The Hall–Kier alpha value is -0.780. The molecule has 0 aromatic heterocycles. The second kappa shape index (κ2) is 7.61. The number of hydrogen-bond donors (Lipinski definition) is 0. The van der Waals surface area contributed by atoms with Gasteiger partial charge >= 0.3 is 0 Å². The molecule has 0 heteroatoms. The molecule has 4 radical (unpaired) electrons. The fraction of sp³-hybridized carbons (Fsp3) is 0.286. The summed E-state index contributed by atoms with van der Waals surface area (Å²) >= 11 is 0. The maximum absolute atomic E-state index is 4.24. The lowest BCUT2D eigenvalue weighted by atomic mass is 9.77. The van der Waals surface area contributed by atoms with Crippen LogP contribution in [0.2, 0.25) is 0 Å². The van der Waals surface area contributed by atoms with Crippen LogP contribution >= 0.6 is 0 Å². The first-order valence-electron chi connectivity index (χ1n) is 4.86. The minimum atomic E-state index is 0.0244. The smallest absolute Gasteiger partial charge is 0.0168 e. The van der Waals surface area contributed by atoms with E-state index < -0.39 is 0 Å². The quantitative estimate of drug-likeness (QED) is 0.510. The normalized spacial score (nSPS) is 10.9. The van der Waals surface area contributed by atoms with Gasteiger partial charge in [-0.1, -0.05) is 18.2 Å². The Labute approximate surface area is 89.4 Å². The molecule has 0 atom stereocenters. The Morgan fingerprint density at radius 1 is 0.714 bits per heavy atom. The van der Waals surface area contributed by atoms with Crippen molar-refractivity contribution in [3.05, 3.63) is 64.2 Å². The van der Waals surface area contributed by atoms with E-state index in [0.717, 1.165) is 19.3 Å². The molecule has 0 amide bonds. The summed E-state index contributed by atoms with van der Waals surface area (Å²) in [5, 5.41) is 0. The first-order chi connectivity index (χ1) is 6.68. The van der Waals surface area contributed by atoms with Crippen molar-refractivity contribution in [2.75, 3.05) is 0 Å². The van der Waals surface area contributed by atoms with Crippen LogP contribution in [0.15, 0.2) is 38.0 Å². The summed E-state index contributed by atoms with van der Waals surface area (Å²) in [6.45, 7) is 15.3. The Morgan fingerprint density at radius 3 is 1.21 bits per heavy atom. The van der Waals surface area contributed by atoms with Crippen LogP contribution in [-0.4, -0.2) is 0 Å². The Kier molecular flexibility index (Phi) is 7.18. The zero-order valence-corrected chi connectivity index (χ0v) is 8.91. The first kappa shape index (κ1) is 13.2.